The number of hydrogen-bond acceptors (Lipinski definition) is 7. The number of carbonyl (C=O) groups is 1. The van der Waals surface area contributed by atoms with Crippen LogP contribution in [-0.2, 0) is 0 Å². The van der Waals surface area contributed by atoms with Crippen molar-refractivity contribution in [3.8, 4) is 0 Å². The smallest absolute Gasteiger partial charge is 0.329 e. The summed E-state index contributed by atoms with van der Waals surface area (Å²) in [5.74, 6) is 2.09. The molecule has 2 N–H and O–H groups in total. The zero-order valence-electron chi connectivity index (χ0n) is 19.9. The van der Waals surface area contributed by atoms with Crippen molar-refractivity contribution in [1.82, 2.24) is 15.0 Å². The summed E-state index contributed by atoms with van der Waals surface area (Å²) in [5.41, 5.74) is 2.15. The highest BCUT2D eigenvalue weighted by Gasteiger charge is 2.40. The molecular weight excluding hydrogens is 551 g/mol. The Morgan fingerprint density at radius 1 is 0.919 bits per heavy atom. The van der Waals surface area contributed by atoms with Gasteiger partial charge < -0.3 is 15.1 Å². The van der Waals surface area contributed by atoms with Gasteiger partial charge in [-0.2, -0.15) is 27.0 Å². The van der Waals surface area contributed by atoms with Crippen molar-refractivity contribution < 1.29 is 4.79 Å². The second kappa shape index (κ2) is 11.4. The van der Waals surface area contributed by atoms with Gasteiger partial charge in [0.1, 0.15) is 16.1 Å². The molecule has 13 heteroatoms. The normalized spacial score (nSPS) is 19.8. The lowest BCUT2D eigenvalue weighted by Crippen LogP contribution is -2.48. The Morgan fingerprint density at radius 2 is 1.65 bits per heavy atom. The minimum atomic E-state index is -0.221. The molecule has 2 fully saturated rings. The van der Waals surface area contributed by atoms with Crippen molar-refractivity contribution in [1.29, 1.82) is 0 Å². The largest absolute Gasteiger partial charge is 0.366 e. The molecule has 0 saturated carbocycles. The Hall–Kier alpha value is -2.60. The number of nitrogens with zero attached hydrogens (tertiary/aromatic N) is 6. The molecule has 37 heavy (non-hydrogen) atoms. The Bertz CT molecular complexity index is 1270. The fourth-order valence-corrected chi connectivity index (χ4v) is 5.43. The summed E-state index contributed by atoms with van der Waals surface area (Å²) in [6.07, 6.45) is 3.77. The van der Waals surface area contributed by atoms with Crippen LogP contribution in [0.4, 0.5) is 33.6 Å². The summed E-state index contributed by atoms with van der Waals surface area (Å²) in [5, 5.41) is 7.17. The highest BCUT2D eigenvalue weighted by atomic mass is 35.5. The average molecular weight is 580 g/mol. The van der Waals surface area contributed by atoms with Crippen LogP contribution in [0.3, 0.4) is 0 Å². The van der Waals surface area contributed by atoms with Gasteiger partial charge in [0.15, 0.2) is 11.6 Å². The number of fused-ring (bicyclic) bond motifs is 8. The number of amides is 2. The number of anilines is 5. The molecule has 3 aromatic heterocycles. The predicted molar refractivity (Wildman–Crippen MR) is 160 cm³/mol. The van der Waals surface area contributed by atoms with Crippen LogP contribution in [0.5, 0.6) is 0 Å². The van der Waals surface area contributed by atoms with E-state index in [0.29, 0.717) is 28.0 Å². The minimum Gasteiger partial charge on any atom is -0.366 e. The molecule has 0 radical (unpaired) electrons. The third kappa shape index (κ3) is 5.50. The van der Waals surface area contributed by atoms with Crippen molar-refractivity contribution in [3.63, 3.8) is 0 Å². The van der Waals surface area contributed by atoms with Gasteiger partial charge in [-0.15, -0.1) is 0 Å². The van der Waals surface area contributed by atoms with Crippen LogP contribution in [0.25, 0.3) is 0 Å². The maximum atomic E-state index is 12.7. The van der Waals surface area contributed by atoms with Gasteiger partial charge in [0.25, 0.3) is 0 Å². The van der Waals surface area contributed by atoms with E-state index in [1.54, 1.807) is 23.2 Å². The molecular formula is C24H28Cl2N8OS2. The molecule has 7 heterocycles. The molecule has 7 rings (SSSR count). The number of rotatable bonds is 1. The minimum absolute atomic E-state index is 0. The number of halogens is 2. The number of hydrogen-bond donors (Lipinski definition) is 2. The Labute approximate surface area is 239 Å². The van der Waals surface area contributed by atoms with Crippen molar-refractivity contribution in [2.24, 2.45) is 0 Å². The molecule has 4 aliphatic rings. The number of aromatic nitrogens is 3. The first-order valence-electron chi connectivity index (χ1n) is 11.7. The van der Waals surface area contributed by atoms with Crippen LogP contribution in [0, 0.1) is 0 Å². The SMILES string of the molecule is Clc1ccc2c(n1)N[C@H]1CCN2C1.O=C(Nc1ccccn1)N1c2nc(Cl)ccc2N2CC[C@H]1C2.S.S. The van der Waals surface area contributed by atoms with Gasteiger partial charge in [-0.05, 0) is 49.2 Å². The van der Waals surface area contributed by atoms with Gasteiger partial charge in [-0.25, -0.2) is 19.7 Å². The fourth-order valence-electron chi connectivity index (χ4n) is 5.13. The van der Waals surface area contributed by atoms with E-state index >= 15 is 0 Å². The number of carbonyl (C=O) groups excluding carboxylic acids is 1. The highest BCUT2D eigenvalue weighted by molar-refractivity contribution is 7.59. The van der Waals surface area contributed by atoms with Gasteiger partial charge in [0.05, 0.1) is 17.4 Å². The molecule has 2 saturated heterocycles. The topological polar surface area (TPSA) is 89.5 Å². The van der Waals surface area contributed by atoms with E-state index in [2.05, 4.69) is 35.4 Å². The van der Waals surface area contributed by atoms with Crippen molar-refractivity contribution in [3.05, 3.63) is 59.0 Å². The van der Waals surface area contributed by atoms with Gasteiger partial charge in [-0.1, -0.05) is 29.3 Å². The Balaban J connectivity index is 0.000000183. The van der Waals surface area contributed by atoms with Crippen molar-refractivity contribution in [2.45, 2.75) is 24.9 Å². The molecule has 4 aliphatic heterocycles. The third-order valence-corrected chi connectivity index (χ3v) is 7.17. The van der Waals surface area contributed by atoms with E-state index in [4.69, 9.17) is 23.2 Å². The van der Waals surface area contributed by atoms with Crippen molar-refractivity contribution >= 4 is 85.1 Å². The summed E-state index contributed by atoms with van der Waals surface area (Å²) in [4.78, 5) is 31.8. The average Bonchev–Trinajstić information content (AvgIpc) is 3.45. The maximum Gasteiger partial charge on any atom is 0.329 e. The van der Waals surface area contributed by atoms with Crippen LogP contribution >= 0.6 is 50.2 Å². The van der Waals surface area contributed by atoms with E-state index < -0.39 is 0 Å². The fraction of sp³-hybridized carbons (Fsp3) is 0.333. The molecule has 0 aliphatic carbocycles. The predicted octanol–water partition coefficient (Wildman–Crippen LogP) is 4.73. The zero-order valence-corrected chi connectivity index (χ0v) is 23.4. The maximum absolute atomic E-state index is 12.7. The van der Waals surface area contributed by atoms with Gasteiger partial charge in [0.2, 0.25) is 0 Å². The van der Waals surface area contributed by atoms with Gasteiger partial charge >= 0.3 is 6.03 Å². The van der Waals surface area contributed by atoms with Crippen molar-refractivity contribution in [2.75, 3.05) is 51.5 Å². The quantitative estimate of drug-likeness (QED) is 0.403. The van der Waals surface area contributed by atoms with Crippen LogP contribution in [-0.4, -0.2) is 59.2 Å². The molecule has 4 bridgehead atoms. The Kier molecular flexibility index (Phi) is 8.47. The first-order chi connectivity index (χ1) is 17.0. The summed E-state index contributed by atoms with van der Waals surface area (Å²) < 4.78 is 0. The highest BCUT2D eigenvalue weighted by Crippen LogP contribution is 2.39. The van der Waals surface area contributed by atoms with Crippen LogP contribution in [0.15, 0.2) is 48.7 Å². The summed E-state index contributed by atoms with van der Waals surface area (Å²) in [6.45, 7) is 3.99. The van der Waals surface area contributed by atoms with E-state index in [1.165, 1.54) is 12.1 Å². The standard InChI is InChI=1S/C15H14ClN5O.C9H10ClN3.2H2S/c16-12-5-4-11-14(18-12)21(10-6-8-20(11)9-10)15(22)19-13-3-1-2-7-17-13;10-8-2-1-7-9(12-8)11-6-3-4-13(7)5-6;;/h1-5,7,10H,6,8-9H2,(H,17,19,22);1-2,6H,3-5H2,(H,11,12);2*1H2/t10-;6-;;/m00../s1. The molecule has 2 atom stereocenters. The molecule has 9 nitrogen and oxygen atoms in total. The van der Waals surface area contributed by atoms with E-state index in [-0.39, 0.29) is 39.1 Å². The summed E-state index contributed by atoms with van der Waals surface area (Å²) in [7, 11) is 0. The second-order valence-corrected chi connectivity index (χ2v) is 9.73. The molecule has 0 spiro atoms. The molecule has 2 amide bonds. The first kappa shape index (κ1) is 27.4. The van der Waals surface area contributed by atoms with Gasteiger partial charge in [-0.3, -0.25) is 10.2 Å². The second-order valence-electron chi connectivity index (χ2n) is 8.96. The Morgan fingerprint density at radius 3 is 2.43 bits per heavy atom. The van der Waals surface area contributed by atoms with E-state index in [9.17, 15) is 4.79 Å². The van der Waals surface area contributed by atoms with E-state index in [0.717, 1.165) is 44.1 Å². The number of nitrogens with one attached hydrogen (secondary N) is 2. The molecule has 0 aromatic carbocycles. The lowest BCUT2D eigenvalue weighted by atomic mass is 10.2. The molecule has 3 aromatic rings. The lowest BCUT2D eigenvalue weighted by molar-refractivity contribution is 0.254. The van der Waals surface area contributed by atoms with Gasteiger partial charge in [0, 0.05) is 38.4 Å². The zero-order chi connectivity index (χ0) is 23.9. The van der Waals surface area contributed by atoms with Crippen LogP contribution in [0.2, 0.25) is 10.3 Å². The first-order valence-corrected chi connectivity index (χ1v) is 12.4. The lowest BCUT2D eigenvalue weighted by Gasteiger charge is -2.35. The third-order valence-electron chi connectivity index (χ3n) is 6.75. The van der Waals surface area contributed by atoms with Crippen LogP contribution in [0.1, 0.15) is 12.8 Å². The van der Waals surface area contributed by atoms with E-state index in [1.807, 2.05) is 30.3 Å². The van der Waals surface area contributed by atoms with Crippen LogP contribution < -0.4 is 25.3 Å². The monoisotopic (exact) mass is 578 g/mol. The molecule has 0 unspecified atom stereocenters. The molecule has 196 valence electrons. The number of pyridine rings is 3. The summed E-state index contributed by atoms with van der Waals surface area (Å²) >= 11 is 11.8. The summed E-state index contributed by atoms with van der Waals surface area (Å²) in [6, 6.07) is 13.4. The number of urea groups is 1.